The number of nitrogens with two attached hydrogens (primary N) is 1. The molecule has 0 saturated carbocycles. The predicted molar refractivity (Wildman–Crippen MR) is 123 cm³/mol. The van der Waals surface area contributed by atoms with Crippen LogP contribution in [-0.2, 0) is 11.2 Å². The maximum Gasteiger partial charge on any atom is 0.251 e. The van der Waals surface area contributed by atoms with E-state index in [0.717, 1.165) is 21.2 Å². The van der Waals surface area contributed by atoms with Gasteiger partial charge in [0.05, 0.1) is 10.7 Å². The Kier molecular flexibility index (Phi) is 5.22. The lowest BCUT2D eigenvalue weighted by Crippen LogP contribution is -2.33. The molecule has 2 heterocycles. The monoisotopic (exact) mass is 437 g/mol. The summed E-state index contributed by atoms with van der Waals surface area (Å²) in [6.45, 7) is 3.60. The molecule has 2 aromatic heterocycles. The lowest BCUT2D eigenvalue weighted by molar-refractivity contribution is -0.125. The van der Waals surface area contributed by atoms with Gasteiger partial charge in [-0.25, -0.2) is 4.98 Å². The van der Waals surface area contributed by atoms with Crippen LogP contribution >= 0.6 is 22.9 Å². The quantitative estimate of drug-likeness (QED) is 0.459. The molecule has 3 N–H and O–H groups in total. The average Bonchev–Trinajstić information content (AvgIpc) is 3.17. The van der Waals surface area contributed by atoms with Crippen molar-refractivity contribution in [1.29, 1.82) is 0 Å². The molecule has 0 spiro atoms. The van der Waals surface area contributed by atoms with Gasteiger partial charge in [0, 0.05) is 27.3 Å². The molecule has 0 radical (unpaired) electrons. The van der Waals surface area contributed by atoms with Gasteiger partial charge in [-0.1, -0.05) is 49.7 Å². The van der Waals surface area contributed by atoms with E-state index in [0.29, 0.717) is 28.5 Å². The smallest absolute Gasteiger partial charge is 0.251 e. The van der Waals surface area contributed by atoms with Crippen LogP contribution in [0.3, 0.4) is 0 Å². The Hall–Kier alpha value is -2.96. The topological polar surface area (TPSA) is 88.8 Å². The summed E-state index contributed by atoms with van der Waals surface area (Å²) in [5.41, 5.74) is 7.52. The number of thiophene rings is 1. The van der Waals surface area contributed by atoms with E-state index in [1.54, 1.807) is 31.3 Å². The van der Waals surface area contributed by atoms with Gasteiger partial charge in [0.25, 0.3) is 5.56 Å². The van der Waals surface area contributed by atoms with Crippen molar-refractivity contribution in [3.63, 3.8) is 0 Å². The molecule has 7 heteroatoms. The number of rotatable bonds is 5. The minimum absolute atomic E-state index is 0.262. The number of fused-ring (bicyclic) bond motifs is 1. The maximum atomic E-state index is 12.5. The lowest BCUT2D eigenvalue weighted by Gasteiger charge is -2.20. The molecule has 4 aromatic rings. The molecule has 0 aliphatic rings. The molecule has 1 amide bonds. The summed E-state index contributed by atoms with van der Waals surface area (Å²) in [7, 11) is 0. The number of carbonyl (C=O) groups excluding carboxylic acids is 1. The number of primary amides is 1. The van der Waals surface area contributed by atoms with E-state index in [1.165, 1.54) is 6.07 Å². The average molecular weight is 438 g/mol. The van der Waals surface area contributed by atoms with Gasteiger partial charge in [-0.3, -0.25) is 9.59 Å². The van der Waals surface area contributed by atoms with E-state index in [2.05, 4.69) is 4.98 Å². The first-order chi connectivity index (χ1) is 14.2. The van der Waals surface area contributed by atoms with Crippen LogP contribution in [-0.4, -0.2) is 15.9 Å². The summed E-state index contributed by atoms with van der Waals surface area (Å²) in [6.07, 6.45) is 0.449. The maximum absolute atomic E-state index is 12.5. The first-order valence-corrected chi connectivity index (χ1v) is 10.7. The number of halogens is 1. The van der Waals surface area contributed by atoms with Gasteiger partial charge in [0.1, 0.15) is 5.82 Å². The van der Waals surface area contributed by atoms with Crippen molar-refractivity contribution in [1.82, 2.24) is 9.97 Å². The summed E-state index contributed by atoms with van der Waals surface area (Å²) in [6, 6.07) is 14.9. The Morgan fingerprint density at radius 3 is 2.73 bits per heavy atom. The molecule has 4 rings (SSSR count). The Bertz CT molecular complexity index is 1320. The van der Waals surface area contributed by atoms with Gasteiger partial charge in [-0.15, -0.1) is 11.3 Å². The summed E-state index contributed by atoms with van der Waals surface area (Å²) in [4.78, 5) is 31.7. The number of aromatic amines is 1. The van der Waals surface area contributed by atoms with E-state index in [-0.39, 0.29) is 11.5 Å². The van der Waals surface area contributed by atoms with Gasteiger partial charge < -0.3 is 10.7 Å². The molecule has 0 atom stereocenters. The van der Waals surface area contributed by atoms with Crippen LogP contribution in [0.4, 0.5) is 0 Å². The van der Waals surface area contributed by atoms with Gasteiger partial charge in [0.15, 0.2) is 0 Å². The molecule has 2 aromatic carbocycles. The van der Waals surface area contributed by atoms with Crippen molar-refractivity contribution in [3.05, 3.63) is 74.9 Å². The number of nitrogens with one attached hydrogen (secondary N) is 1. The van der Waals surface area contributed by atoms with E-state index < -0.39 is 5.41 Å². The Morgan fingerprint density at radius 2 is 1.97 bits per heavy atom. The van der Waals surface area contributed by atoms with E-state index in [1.807, 2.05) is 41.8 Å². The number of hydrogen-bond donors (Lipinski definition) is 2. The number of amides is 1. The molecule has 5 nitrogen and oxygen atoms in total. The number of aromatic nitrogens is 2. The molecule has 30 heavy (non-hydrogen) atoms. The van der Waals surface area contributed by atoms with Crippen LogP contribution in [0.1, 0.15) is 19.4 Å². The van der Waals surface area contributed by atoms with Crippen molar-refractivity contribution in [2.75, 3.05) is 0 Å². The van der Waals surface area contributed by atoms with Crippen molar-refractivity contribution in [2.45, 2.75) is 20.3 Å². The molecule has 0 bridgehead atoms. The predicted octanol–water partition coefficient (Wildman–Crippen LogP) is 5.03. The molecule has 0 aliphatic carbocycles. The van der Waals surface area contributed by atoms with Crippen LogP contribution in [0.15, 0.2) is 58.7 Å². The fourth-order valence-electron chi connectivity index (χ4n) is 3.38. The Balaban J connectivity index is 1.82. The second kappa shape index (κ2) is 7.70. The van der Waals surface area contributed by atoms with E-state index in [9.17, 15) is 9.59 Å². The largest absolute Gasteiger partial charge is 0.369 e. The number of H-pyrrole nitrogens is 1. The van der Waals surface area contributed by atoms with Crippen LogP contribution in [0.5, 0.6) is 0 Å². The summed E-state index contributed by atoms with van der Waals surface area (Å²) < 4.78 is 1.07. The van der Waals surface area contributed by atoms with E-state index in [4.69, 9.17) is 22.3 Å². The zero-order valence-corrected chi connectivity index (χ0v) is 18.1. The Morgan fingerprint density at radius 1 is 1.17 bits per heavy atom. The minimum Gasteiger partial charge on any atom is -0.369 e. The number of carbonyl (C=O) groups is 1. The van der Waals surface area contributed by atoms with Crippen molar-refractivity contribution in [2.24, 2.45) is 11.1 Å². The highest BCUT2D eigenvalue weighted by Crippen LogP contribution is 2.33. The van der Waals surface area contributed by atoms with Crippen molar-refractivity contribution >= 4 is 38.9 Å². The highest BCUT2D eigenvalue weighted by atomic mass is 35.5. The third kappa shape index (κ3) is 3.88. The van der Waals surface area contributed by atoms with Crippen molar-refractivity contribution in [3.8, 4) is 22.6 Å². The number of nitrogens with zero attached hydrogens (tertiary/aromatic N) is 1. The fraction of sp³-hybridized carbons (Fsp3) is 0.174. The lowest BCUT2D eigenvalue weighted by atomic mass is 9.85. The SMILES string of the molecule is CC(C)(Cc1ccc(Cl)c(-c2nc(-c3cccc4ccsc34)cc(=O)[nH]2)c1)C(N)=O. The third-order valence-corrected chi connectivity index (χ3v) is 6.39. The second-order valence-corrected chi connectivity index (χ2v) is 9.19. The molecule has 0 aliphatic heterocycles. The third-order valence-electron chi connectivity index (χ3n) is 5.10. The zero-order valence-electron chi connectivity index (χ0n) is 16.5. The van der Waals surface area contributed by atoms with Crippen LogP contribution in [0, 0.1) is 5.41 Å². The second-order valence-electron chi connectivity index (χ2n) is 7.86. The number of benzene rings is 2. The molecule has 0 fully saturated rings. The zero-order chi connectivity index (χ0) is 21.5. The molecular formula is C23H20ClN3O2S. The van der Waals surface area contributed by atoms with Gasteiger partial charge in [0.2, 0.25) is 5.91 Å². The van der Waals surface area contributed by atoms with Crippen LogP contribution in [0.25, 0.3) is 32.7 Å². The minimum atomic E-state index is -0.706. The van der Waals surface area contributed by atoms with Crippen molar-refractivity contribution < 1.29 is 4.79 Å². The Labute approximate surface area is 182 Å². The highest BCUT2D eigenvalue weighted by molar-refractivity contribution is 7.17. The fourth-order valence-corrected chi connectivity index (χ4v) is 4.51. The first kappa shape index (κ1) is 20.3. The summed E-state index contributed by atoms with van der Waals surface area (Å²) >= 11 is 8.05. The first-order valence-electron chi connectivity index (χ1n) is 9.41. The normalized spacial score (nSPS) is 11.7. The van der Waals surface area contributed by atoms with E-state index >= 15 is 0 Å². The van der Waals surface area contributed by atoms with Crippen LogP contribution < -0.4 is 11.3 Å². The molecule has 0 saturated heterocycles. The molecule has 152 valence electrons. The highest BCUT2D eigenvalue weighted by Gasteiger charge is 2.25. The summed E-state index contributed by atoms with van der Waals surface area (Å²) in [5.74, 6) is 0.00589. The molecular weight excluding hydrogens is 418 g/mol. The van der Waals surface area contributed by atoms with Gasteiger partial charge in [-0.05, 0) is 40.9 Å². The van der Waals surface area contributed by atoms with Gasteiger partial charge in [-0.2, -0.15) is 0 Å². The van der Waals surface area contributed by atoms with Crippen LogP contribution in [0.2, 0.25) is 5.02 Å². The standard InChI is InChI=1S/C23H20ClN3O2S/c1-23(2,22(25)29)12-13-6-7-17(24)16(10-13)21-26-18(11-19(28)27-21)15-5-3-4-14-8-9-30-20(14)15/h3-11H,12H2,1-2H3,(H2,25,29)(H,26,27,28). The van der Waals surface area contributed by atoms with Gasteiger partial charge >= 0.3 is 0 Å². The summed E-state index contributed by atoms with van der Waals surface area (Å²) in [5, 5.41) is 3.59. The number of hydrogen-bond acceptors (Lipinski definition) is 4. The molecule has 0 unspecified atom stereocenters.